The topological polar surface area (TPSA) is 55.5 Å². The van der Waals surface area contributed by atoms with Crippen LogP contribution in [0.4, 0.5) is 5.69 Å². The van der Waals surface area contributed by atoms with Crippen LogP contribution < -0.4 is 0 Å². The third-order valence-corrected chi connectivity index (χ3v) is 2.49. The molecule has 0 saturated carbocycles. The monoisotopic (exact) mass is 204 g/mol. The van der Waals surface area contributed by atoms with E-state index in [1.807, 2.05) is 24.3 Å². The van der Waals surface area contributed by atoms with Crippen LogP contribution in [0.3, 0.4) is 0 Å². The van der Waals surface area contributed by atoms with E-state index in [1.165, 1.54) is 5.56 Å². The standard InChI is InChI=1S/C11H12N2O2/c14-13(15)8-10-6-3-5-9-4-1-2-7-11(9)12-10/h1-2,4,7H,3,5-6,8H2. The van der Waals surface area contributed by atoms with Crippen molar-refractivity contribution in [3.05, 3.63) is 39.9 Å². The van der Waals surface area contributed by atoms with Gasteiger partial charge in [0.15, 0.2) is 0 Å². The van der Waals surface area contributed by atoms with Crippen molar-refractivity contribution in [2.45, 2.75) is 19.3 Å². The molecule has 1 heterocycles. The van der Waals surface area contributed by atoms with Gasteiger partial charge in [0.1, 0.15) is 0 Å². The third-order valence-electron chi connectivity index (χ3n) is 2.49. The number of fused-ring (bicyclic) bond motifs is 1. The molecule has 1 aliphatic rings. The maximum atomic E-state index is 10.4. The number of hydrogen-bond donors (Lipinski definition) is 0. The Balaban J connectivity index is 2.29. The smallest absolute Gasteiger partial charge is 0.241 e. The summed E-state index contributed by atoms with van der Waals surface area (Å²) in [5.41, 5.74) is 2.77. The highest BCUT2D eigenvalue weighted by Crippen LogP contribution is 2.24. The molecule has 1 aromatic carbocycles. The first-order valence-corrected chi connectivity index (χ1v) is 5.02. The van der Waals surface area contributed by atoms with Crippen LogP contribution in [0.5, 0.6) is 0 Å². The van der Waals surface area contributed by atoms with Gasteiger partial charge in [0.05, 0.1) is 11.4 Å². The predicted octanol–water partition coefficient (Wildman–Crippen LogP) is 2.37. The zero-order valence-electron chi connectivity index (χ0n) is 8.35. The molecule has 2 rings (SSSR count). The van der Waals surface area contributed by atoms with E-state index in [1.54, 1.807) is 0 Å². The minimum atomic E-state index is -0.313. The molecular formula is C11H12N2O2. The normalized spacial score (nSPS) is 15.1. The molecule has 0 aliphatic carbocycles. The van der Waals surface area contributed by atoms with Gasteiger partial charge in [-0.15, -0.1) is 0 Å². The summed E-state index contributed by atoms with van der Waals surface area (Å²) in [4.78, 5) is 14.5. The average Bonchev–Trinajstić information content (AvgIpc) is 2.38. The fraction of sp³-hybridized carbons (Fsp3) is 0.364. The van der Waals surface area contributed by atoms with Crippen molar-refractivity contribution < 1.29 is 4.92 Å². The summed E-state index contributed by atoms with van der Waals surface area (Å²) < 4.78 is 0. The maximum Gasteiger partial charge on any atom is 0.241 e. The second-order valence-electron chi connectivity index (χ2n) is 3.65. The van der Waals surface area contributed by atoms with Crippen LogP contribution in [0, 0.1) is 10.1 Å². The summed E-state index contributed by atoms with van der Waals surface area (Å²) in [7, 11) is 0. The Morgan fingerprint density at radius 2 is 2.13 bits per heavy atom. The Morgan fingerprint density at radius 3 is 2.93 bits per heavy atom. The second kappa shape index (κ2) is 4.21. The van der Waals surface area contributed by atoms with Crippen LogP contribution in [0.2, 0.25) is 0 Å². The molecule has 0 spiro atoms. The van der Waals surface area contributed by atoms with Crippen LogP contribution in [0.25, 0.3) is 0 Å². The summed E-state index contributed by atoms with van der Waals surface area (Å²) in [6.45, 7) is -0.131. The summed E-state index contributed by atoms with van der Waals surface area (Å²) in [6.07, 6.45) is 2.64. The molecule has 0 radical (unpaired) electrons. The zero-order chi connectivity index (χ0) is 10.7. The maximum absolute atomic E-state index is 10.4. The Bertz CT molecular complexity index is 413. The molecule has 0 fully saturated rings. The lowest BCUT2D eigenvalue weighted by atomic mass is 10.1. The molecule has 1 aromatic rings. The molecule has 4 heteroatoms. The summed E-state index contributed by atoms with van der Waals surface area (Å²) in [6, 6.07) is 7.85. The lowest BCUT2D eigenvalue weighted by Gasteiger charge is -1.99. The second-order valence-corrected chi connectivity index (χ2v) is 3.65. The SMILES string of the molecule is O=[N+]([O-])CC1=Nc2ccccc2CCC1. The van der Waals surface area contributed by atoms with E-state index in [0.717, 1.165) is 24.9 Å². The number of para-hydroxylation sites is 1. The zero-order valence-corrected chi connectivity index (χ0v) is 8.35. The molecule has 0 N–H and O–H groups in total. The van der Waals surface area contributed by atoms with Gasteiger partial charge in [-0.2, -0.15) is 0 Å². The highest BCUT2D eigenvalue weighted by atomic mass is 16.6. The number of aryl methyl sites for hydroxylation is 1. The molecular weight excluding hydrogens is 192 g/mol. The number of nitrogens with zero attached hydrogens (tertiary/aromatic N) is 2. The molecule has 1 aliphatic heterocycles. The highest BCUT2D eigenvalue weighted by Gasteiger charge is 2.13. The minimum absolute atomic E-state index is 0.131. The van der Waals surface area contributed by atoms with Gasteiger partial charge in [-0.25, -0.2) is 0 Å². The Kier molecular flexibility index (Phi) is 2.76. The van der Waals surface area contributed by atoms with Crippen molar-refractivity contribution in [2.75, 3.05) is 6.54 Å². The Morgan fingerprint density at radius 1 is 1.33 bits per heavy atom. The Hall–Kier alpha value is -1.71. The number of hydrogen-bond acceptors (Lipinski definition) is 3. The summed E-state index contributed by atoms with van der Waals surface area (Å²) in [5.74, 6) is 0. The summed E-state index contributed by atoms with van der Waals surface area (Å²) >= 11 is 0. The number of aliphatic imine (C=N–C) groups is 1. The molecule has 0 atom stereocenters. The van der Waals surface area contributed by atoms with E-state index in [2.05, 4.69) is 4.99 Å². The van der Waals surface area contributed by atoms with Crippen LogP contribution in [0.1, 0.15) is 18.4 Å². The van der Waals surface area contributed by atoms with Gasteiger partial charge in [0.2, 0.25) is 6.54 Å². The molecule has 0 saturated heterocycles. The van der Waals surface area contributed by atoms with Gasteiger partial charge in [-0.1, -0.05) is 18.2 Å². The minimum Gasteiger partial charge on any atom is -0.264 e. The Labute approximate surface area is 87.8 Å². The molecule has 78 valence electrons. The van der Waals surface area contributed by atoms with E-state index in [-0.39, 0.29) is 11.5 Å². The number of rotatable bonds is 2. The fourth-order valence-corrected chi connectivity index (χ4v) is 1.80. The van der Waals surface area contributed by atoms with Gasteiger partial charge >= 0.3 is 0 Å². The lowest BCUT2D eigenvalue weighted by molar-refractivity contribution is -0.463. The predicted molar refractivity (Wildman–Crippen MR) is 58.3 cm³/mol. The van der Waals surface area contributed by atoms with E-state index in [9.17, 15) is 10.1 Å². The first-order valence-electron chi connectivity index (χ1n) is 5.02. The van der Waals surface area contributed by atoms with E-state index < -0.39 is 0 Å². The van der Waals surface area contributed by atoms with Crippen molar-refractivity contribution in [2.24, 2.45) is 4.99 Å². The third kappa shape index (κ3) is 2.40. The van der Waals surface area contributed by atoms with Gasteiger partial charge in [-0.3, -0.25) is 15.1 Å². The molecule has 0 unspecified atom stereocenters. The van der Waals surface area contributed by atoms with Crippen molar-refractivity contribution in [3.8, 4) is 0 Å². The van der Waals surface area contributed by atoms with Gasteiger partial charge in [-0.05, 0) is 30.9 Å². The average molecular weight is 204 g/mol. The lowest BCUT2D eigenvalue weighted by Crippen LogP contribution is -2.12. The molecule has 0 aromatic heterocycles. The van der Waals surface area contributed by atoms with Crippen LogP contribution in [-0.4, -0.2) is 17.2 Å². The van der Waals surface area contributed by atoms with E-state index >= 15 is 0 Å². The number of nitro groups is 1. The van der Waals surface area contributed by atoms with E-state index in [0.29, 0.717) is 5.71 Å². The fourth-order valence-electron chi connectivity index (χ4n) is 1.80. The largest absolute Gasteiger partial charge is 0.264 e. The van der Waals surface area contributed by atoms with Crippen molar-refractivity contribution >= 4 is 11.4 Å². The summed E-state index contributed by atoms with van der Waals surface area (Å²) in [5, 5.41) is 10.4. The first kappa shape index (κ1) is 9.83. The molecule has 0 bridgehead atoms. The first-order chi connectivity index (χ1) is 7.25. The number of benzene rings is 1. The van der Waals surface area contributed by atoms with Crippen molar-refractivity contribution in [3.63, 3.8) is 0 Å². The van der Waals surface area contributed by atoms with Crippen LogP contribution in [-0.2, 0) is 6.42 Å². The van der Waals surface area contributed by atoms with Gasteiger partial charge in [0.25, 0.3) is 0 Å². The van der Waals surface area contributed by atoms with Crippen LogP contribution in [0.15, 0.2) is 29.3 Å². The highest BCUT2D eigenvalue weighted by molar-refractivity contribution is 5.88. The molecule has 0 amide bonds. The molecule has 4 nitrogen and oxygen atoms in total. The van der Waals surface area contributed by atoms with Gasteiger partial charge < -0.3 is 0 Å². The van der Waals surface area contributed by atoms with E-state index in [4.69, 9.17) is 0 Å². The quantitative estimate of drug-likeness (QED) is 0.548. The van der Waals surface area contributed by atoms with Crippen molar-refractivity contribution in [1.29, 1.82) is 0 Å². The van der Waals surface area contributed by atoms with Gasteiger partial charge in [0, 0.05) is 4.92 Å². The van der Waals surface area contributed by atoms with Crippen LogP contribution >= 0.6 is 0 Å². The van der Waals surface area contributed by atoms with Crippen molar-refractivity contribution in [1.82, 2.24) is 0 Å². The molecule has 15 heavy (non-hydrogen) atoms.